The van der Waals surface area contributed by atoms with Crippen molar-refractivity contribution in [1.82, 2.24) is 9.80 Å². The molecule has 22 heavy (non-hydrogen) atoms. The first-order chi connectivity index (χ1) is 10.7. The van der Waals surface area contributed by atoms with E-state index in [1.807, 2.05) is 21.7 Å². The predicted molar refractivity (Wildman–Crippen MR) is 81.8 cm³/mol. The van der Waals surface area contributed by atoms with Gasteiger partial charge >= 0.3 is 0 Å². The third-order valence-electron chi connectivity index (χ3n) is 4.57. The van der Waals surface area contributed by atoms with E-state index in [1.165, 1.54) is 11.3 Å². The van der Waals surface area contributed by atoms with Crippen LogP contribution in [0.15, 0.2) is 22.0 Å². The van der Waals surface area contributed by atoms with E-state index in [1.54, 1.807) is 4.90 Å². The highest BCUT2D eigenvalue weighted by molar-refractivity contribution is 7.08. The molecule has 1 aromatic rings. The number of fused-ring (bicyclic) bond motifs is 1. The molecule has 3 aliphatic heterocycles. The molecule has 4 heterocycles. The van der Waals surface area contributed by atoms with Crippen molar-refractivity contribution in [2.45, 2.75) is 18.9 Å². The van der Waals surface area contributed by atoms with Gasteiger partial charge in [0.25, 0.3) is 11.8 Å². The number of nitrogens with zero attached hydrogens (tertiary/aromatic N) is 3. The second kappa shape index (κ2) is 5.39. The van der Waals surface area contributed by atoms with Gasteiger partial charge in [0, 0.05) is 25.0 Å². The van der Waals surface area contributed by atoms with Crippen molar-refractivity contribution in [3.05, 3.63) is 22.4 Å². The van der Waals surface area contributed by atoms with Crippen molar-refractivity contribution >= 4 is 28.9 Å². The summed E-state index contributed by atoms with van der Waals surface area (Å²) in [7, 11) is 0. The zero-order valence-electron chi connectivity index (χ0n) is 12.1. The number of rotatable bonds is 2. The van der Waals surface area contributed by atoms with Crippen molar-refractivity contribution in [3.63, 3.8) is 0 Å². The predicted octanol–water partition coefficient (Wildman–Crippen LogP) is 1.20. The Morgan fingerprint density at radius 2 is 2.00 bits per heavy atom. The van der Waals surface area contributed by atoms with E-state index in [4.69, 9.17) is 4.84 Å². The first-order valence-electron chi connectivity index (χ1n) is 7.58. The fourth-order valence-corrected chi connectivity index (χ4v) is 3.98. The van der Waals surface area contributed by atoms with Crippen LogP contribution < -0.4 is 0 Å². The largest absolute Gasteiger partial charge is 0.389 e. The number of hydrogen-bond acceptors (Lipinski definition) is 5. The van der Waals surface area contributed by atoms with Gasteiger partial charge in [-0.25, -0.2) is 0 Å². The Morgan fingerprint density at radius 3 is 2.73 bits per heavy atom. The van der Waals surface area contributed by atoms with Crippen molar-refractivity contribution in [1.29, 1.82) is 0 Å². The summed E-state index contributed by atoms with van der Waals surface area (Å²) in [6.07, 6.45) is 1.93. The lowest BCUT2D eigenvalue weighted by molar-refractivity contribution is -0.123. The van der Waals surface area contributed by atoms with Gasteiger partial charge in [-0.2, -0.15) is 11.3 Å². The van der Waals surface area contributed by atoms with Crippen molar-refractivity contribution in [2.75, 3.05) is 26.2 Å². The summed E-state index contributed by atoms with van der Waals surface area (Å²) in [5, 5.41) is 7.75. The van der Waals surface area contributed by atoms with Gasteiger partial charge < -0.3 is 14.6 Å². The smallest absolute Gasteiger partial charge is 0.272 e. The van der Waals surface area contributed by atoms with Gasteiger partial charge in [0.05, 0.1) is 18.0 Å². The van der Waals surface area contributed by atoms with Crippen LogP contribution in [0.1, 0.15) is 23.2 Å². The molecule has 3 aliphatic rings. The zero-order chi connectivity index (χ0) is 15.1. The standard InChI is InChI=1S/C15H17N3O3S/c19-14(10-3-6-22-9-10)18-7-11-12(8-18)21-16-13(11)15(20)17-4-1-2-5-17/h3,6,9,11-12H,1-2,4-5,7-8H2/t11-,12+/m0/s1. The molecular weight excluding hydrogens is 302 g/mol. The third kappa shape index (κ3) is 2.20. The van der Waals surface area contributed by atoms with Crippen molar-refractivity contribution in [2.24, 2.45) is 11.1 Å². The van der Waals surface area contributed by atoms with Crippen LogP contribution in [0.4, 0.5) is 0 Å². The molecule has 0 unspecified atom stereocenters. The van der Waals surface area contributed by atoms with Gasteiger partial charge in [0.1, 0.15) is 0 Å². The Hall–Kier alpha value is -1.89. The highest BCUT2D eigenvalue weighted by Gasteiger charge is 2.47. The number of hydrogen-bond donors (Lipinski definition) is 0. The van der Waals surface area contributed by atoms with Crippen LogP contribution in [0.25, 0.3) is 0 Å². The number of likely N-dealkylation sites (tertiary alicyclic amines) is 2. The minimum Gasteiger partial charge on any atom is -0.389 e. The molecule has 0 radical (unpaired) electrons. The summed E-state index contributed by atoms with van der Waals surface area (Å²) >= 11 is 1.51. The van der Waals surface area contributed by atoms with Crippen LogP contribution in [0.2, 0.25) is 0 Å². The van der Waals surface area contributed by atoms with Crippen LogP contribution in [-0.2, 0) is 9.63 Å². The third-order valence-corrected chi connectivity index (χ3v) is 5.25. The van der Waals surface area contributed by atoms with Crippen LogP contribution in [0.5, 0.6) is 0 Å². The maximum atomic E-state index is 12.5. The molecule has 7 heteroatoms. The van der Waals surface area contributed by atoms with Gasteiger partial charge in [-0.15, -0.1) is 0 Å². The number of thiophene rings is 1. The molecule has 0 N–H and O–H groups in total. The van der Waals surface area contributed by atoms with E-state index in [0.717, 1.165) is 25.9 Å². The molecular formula is C15H17N3O3S. The molecule has 6 nitrogen and oxygen atoms in total. The molecule has 0 spiro atoms. The number of oxime groups is 1. The quantitative estimate of drug-likeness (QED) is 0.823. The van der Waals surface area contributed by atoms with Crippen LogP contribution in [0.3, 0.4) is 0 Å². The van der Waals surface area contributed by atoms with Gasteiger partial charge in [-0.1, -0.05) is 5.16 Å². The lowest BCUT2D eigenvalue weighted by Crippen LogP contribution is -2.39. The average molecular weight is 319 g/mol. The molecule has 2 fully saturated rings. The average Bonchev–Trinajstić information content (AvgIpc) is 3.29. The van der Waals surface area contributed by atoms with Gasteiger partial charge in [-0.3, -0.25) is 9.59 Å². The molecule has 2 amide bonds. The maximum Gasteiger partial charge on any atom is 0.272 e. The normalized spacial score (nSPS) is 26.8. The summed E-state index contributed by atoms with van der Waals surface area (Å²) in [6, 6.07) is 1.83. The monoisotopic (exact) mass is 319 g/mol. The van der Waals surface area contributed by atoms with Crippen LogP contribution >= 0.6 is 11.3 Å². The van der Waals surface area contributed by atoms with E-state index in [9.17, 15) is 9.59 Å². The van der Waals surface area contributed by atoms with Crippen molar-refractivity contribution < 1.29 is 14.4 Å². The van der Waals surface area contributed by atoms with Crippen LogP contribution in [-0.4, -0.2) is 59.6 Å². The summed E-state index contributed by atoms with van der Waals surface area (Å²) in [6.45, 7) is 2.61. The molecule has 116 valence electrons. The first-order valence-corrected chi connectivity index (χ1v) is 8.53. The molecule has 0 aromatic carbocycles. The van der Waals surface area contributed by atoms with Gasteiger partial charge in [0.15, 0.2) is 11.8 Å². The fraction of sp³-hybridized carbons (Fsp3) is 0.533. The van der Waals surface area contributed by atoms with Gasteiger partial charge in [0.2, 0.25) is 0 Å². The van der Waals surface area contributed by atoms with Gasteiger partial charge in [-0.05, 0) is 24.3 Å². The highest BCUT2D eigenvalue weighted by atomic mass is 32.1. The first kappa shape index (κ1) is 13.8. The van der Waals surface area contributed by atoms with Crippen LogP contribution in [0, 0.1) is 5.92 Å². The van der Waals surface area contributed by atoms with E-state index < -0.39 is 0 Å². The molecule has 1 aromatic heterocycles. The second-order valence-corrected chi connectivity index (χ2v) is 6.73. The summed E-state index contributed by atoms with van der Waals surface area (Å²) in [5.41, 5.74) is 1.20. The lowest BCUT2D eigenvalue weighted by atomic mass is 10.00. The molecule has 0 saturated carbocycles. The second-order valence-electron chi connectivity index (χ2n) is 5.95. The Morgan fingerprint density at radius 1 is 1.18 bits per heavy atom. The summed E-state index contributed by atoms with van der Waals surface area (Å²) in [5.74, 6) is -0.0993. The SMILES string of the molecule is O=C(C1=NO[C@@H]2CN(C(=O)c3ccsc3)C[C@H]12)N1CCCC1. The molecule has 2 atom stereocenters. The Kier molecular flexibility index (Phi) is 3.37. The highest BCUT2D eigenvalue weighted by Crippen LogP contribution is 2.29. The minimum atomic E-state index is -0.177. The topological polar surface area (TPSA) is 62.2 Å². The summed E-state index contributed by atoms with van der Waals surface area (Å²) in [4.78, 5) is 33.9. The Balaban J connectivity index is 1.47. The molecule has 0 bridgehead atoms. The number of carbonyl (C=O) groups excluding carboxylic acids is 2. The Bertz CT molecular complexity index is 622. The number of amides is 2. The van der Waals surface area contributed by atoms with E-state index in [0.29, 0.717) is 24.4 Å². The van der Waals surface area contributed by atoms with E-state index in [2.05, 4.69) is 5.16 Å². The number of carbonyl (C=O) groups is 2. The lowest BCUT2D eigenvalue weighted by Gasteiger charge is -2.18. The molecule has 2 saturated heterocycles. The van der Waals surface area contributed by atoms with E-state index >= 15 is 0 Å². The minimum absolute atomic E-state index is 0.00669. The van der Waals surface area contributed by atoms with Crippen molar-refractivity contribution in [3.8, 4) is 0 Å². The fourth-order valence-electron chi connectivity index (χ4n) is 3.35. The van der Waals surface area contributed by atoms with E-state index in [-0.39, 0.29) is 23.8 Å². The molecule has 0 aliphatic carbocycles. The maximum absolute atomic E-state index is 12.5. The Labute approximate surface area is 132 Å². The molecule has 4 rings (SSSR count). The zero-order valence-corrected chi connectivity index (χ0v) is 12.9. The summed E-state index contributed by atoms with van der Waals surface area (Å²) < 4.78 is 0.